The molecule has 2 aromatic heterocycles. The van der Waals surface area contributed by atoms with E-state index in [4.69, 9.17) is 9.15 Å². The zero-order valence-corrected chi connectivity index (χ0v) is 15.1. The van der Waals surface area contributed by atoms with Crippen LogP contribution in [0.5, 0.6) is 5.75 Å². The number of rotatable bonds is 5. The molecule has 1 saturated heterocycles. The molecule has 1 aliphatic heterocycles. The number of hydrogen-bond acceptors (Lipinski definition) is 6. The topological polar surface area (TPSA) is 68.3 Å². The fourth-order valence-corrected chi connectivity index (χ4v) is 3.34. The number of aryl methyl sites for hydroxylation is 1. The van der Waals surface area contributed by atoms with E-state index in [1.165, 1.54) is 0 Å². The van der Waals surface area contributed by atoms with Crippen molar-refractivity contribution in [2.24, 2.45) is 7.05 Å². The molecule has 7 nitrogen and oxygen atoms in total. The lowest BCUT2D eigenvalue weighted by molar-refractivity contribution is 0.143. The molecule has 1 fully saturated rings. The van der Waals surface area contributed by atoms with Gasteiger partial charge >= 0.3 is 0 Å². The molecule has 3 aromatic rings. The van der Waals surface area contributed by atoms with Crippen LogP contribution in [-0.4, -0.2) is 46.2 Å². The second-order valence-electron chi connectivity index (χ2n) is 6.46. The van der Waals surface area contributed by atoms with Crippen LogP contribution < -0.4 is 10.1 Å². The summed E-state index contributed by atoms with van der Waals surface area (Å²) in [4.78, 5) is 11.6. The summed E-state index contributed by atoms with van der Waals surface area (Å²) in [6.45, 7) is 3.53. The van der Waals surface area contributed by atoms with Gasteiger partial charge in [0, 0.05) is 51.2 Å². The predicted molar refractivity (Wildman–Crippen MR) is 97.7 cm³/mol. The van der Waals surface area contributed by atoms with Gasteiger partial charge in [-0.15, -0.1) is 0 Å². The van der Waals surface area contributed by atoms with Gasteiger partial charge in [-0.2, -0.15) is 0 Å². The molecular formula is C19H23N5O2. The van der Waals surface area contributed by atoms with Gasteiger partial charge < -0.3 is 19.0 Å². The molecule has 1 N–H and O–H groups in total. The van der Waals surface area contributed by atoms with Crippen LogP contribution in [0.2, 0.25) is 0 Å². The van der Waals surface area contributed by atoms with Gasteiger partial charge in [0.2, 0.25) is 5.89 Å². The zero-order valence-electron chi connectivity index (χ0n) is 15.1. The number of nitrogens with zero attached hydrogens (tertiary/aromatic N) is 4. The summed E-state index contributed by atoms with van der Waals surface area (Å²) >= 11 is 0. The Hall–Kier alpha value is -2.64. The van der Waals surface area contributed by atoms with Crippen LogP contribution in [0.25, 0.3) is 11.5 Å². The van der Waals surface area contributed by atoms with E-state index in [-0.39, 0.29) is 6.04 Å². The lowest BCUT2D eigenvalue weighted by atomic mass is 10.1. The highest BCUT2D eigenvalue weighted by Crippen LogP contribution is 2.25. The number of methoxy groups -OCH3 is 1. The number of oxazole rings is 1. The van der Waals surface area contributed by atoms with Gasteiger partial charge in [-0.25, -0.2) is 9.97 Å². The SMILES string of the molecule is COc1ccc(-c2nc(CN3CCNCC3c3nccn3C)co2)cc1. The smallest absolute Gasteiger partial charge is 0.226 e. The maximum Gasteiger partial charge on any atom is 0.226 e. The first-order valence-electron chi connectivity index (χ1n) is 8.75. The number of piperazine rings is 1. The summed E-state index contributed by atoms with van der Waals surface area (Å²) in [6.07, 6.45) is 5.58. The Bertz CT molecular complexity index is 855. The third kappa shape index (κ3) is 3.36. The van der Waals surface area contributed by atoms with Gasteiger partial charge in [0.1, 0.15) is 17.8 Å². The molecule has 136 valence electrons. The molecule has 1 aromatic carbocycles. The zero-order chi connectivity index (χ0) is 17.9. The van der Waals surface area contributed by atoms with Crippen molar-refractivity contribution in [3.8, 4) is 17.2 Å². The van der Waals surface area contributed by atoms with Crippen LogP contribution in [0.15, 0.2) is 47.3 Å². The Kier molecular flexibility index (Phi) is 4.73. The summed E-state index contributed by atoms with van der Waals surface area (Å²) in [5, 5.41) is 3.46. The number of benzene rings is 1. The standard InChI is InChI=1S/C19H23N5O2/c1-23-9-8-21-18(23)17-11-20-7-10-24(17)12-15-13-26-19(22-15)14-3-5-16(25-2)6-4-14/h3-6,8-9,13,17,20H,7,10-12H2,1-2H3. The van der Waals surface area contributed by atoms with Crippen molar-refractivity contribution >= 4 is 0 Å². The van der Waals surface area contributed by atoms with Crippen molar-refractivity contribution in [2.75, 3.05) is 26.7 Å². The van der Waals surface area contributed by atoms with E-state index in [2.05, 4.69) is 24.8 Å². The Morgan fingerprint density at radius 2 is 2.15 bits per heavy atom. The van der Waals surface area contributed by atoms with Crippen LogP contribution in [0.1, 0.15) is 17.6 Å². The summed E-state index contributed by atoms with van der Waals surface area (Å²) in [5.41, 5.74) is 1.87. The number of ether oxygens (including phenoxy) is 1. The maximum atomic E-state index is 5.70. The third-order valence-electron chi connectivity index (χ3n) is 4.76. The first-order valence-corrected chi connectivity index (χ1v) is 8.75. The second kappa shape index (κ2) is 7.31. The number of hydrogen-bond donors (Lipinski definition) is 1. The molecule has 0 spiro atoms. The van der Waals surface area contributed by atoms with Crippen LogP contribution in [-0.2, 0) is 13.6 Å². The summed E-state index contributed by atoms with van der Waals surface area (Å²) in [6, 6.07) is 7.95. The highest BCUT2D eigenvalue weighted by molar-refractivity contribution is 5.54. The highest BCUT2D eigenvalue weighted by Gasteiger charge is 2.27. The molecule has 0 saturated carbocycles. The van der Waals surface area contributed by atoms with E-state index in [1.54, 1.807) is 13.4 Å². The maximum absolute atomic E-state index is 5.70. The predicted octanol–water partition coefficient (Wildman–Crippen LogP) is 2.23. The summed E-state index contributed by atoms with van der Waals surface area (Å²) < 4.78 is 13.0. The Balaban J connectivity index is 1.51. The molecule has 3 heterocycles. The molecule has 1 aliphatic rings. The Labute approximate surface area is 152 Å². The summed E-state index contributed by atoms with van der Waals surface area (Å²) in [7, 11) is 3.69. The number of aromatic nitrogens is 3. The van der Waals surface area contributed by atoms with Crippen LogP contribution in [0.3, 0.4) is 0 Å². The Morgan fingerprint density at radius 3 is 2.88 bits per heavy atom. The molecule has 1 atom stereocenters. The van der Waals surface area contributed by atoms with Gasteiger partial charge in [0.15, 0.2) is 0 Å². The average molecular weight is 353 g/mol. The first kappa shape index (κ1) is 16.8. The summed E-state index contributed by atoms with van der Waals surface area (Å²) in [5.74, 6) is 2.52. The minimum absolute atomic E-state index is 0.227. The molecule has 1 unspecified atom stereocenters. The van der Waals surface area contributed by atoms with Crippen molar-refractivity contribution < 1.29 is 9.15 Å². The minimum atomic E-state index is 0.227. The third-order valence-corrected chi connectivity index (χ3v) is 4.76. The fraction of sp³-hybridized carbons (Fsp3) is 0.368. The largest absolute Gasteiger partial charge is 0.497 e. The molecule has 4 rings (SSSR count). The highest BCUT2D eigenvalue weighted by atomic mass is 16.5. The van der Waals surface area contributed by atoms with Gasteiger partial charge in [-0.05, 0) is 24.3 Å². The van der Waals surface area contributed by atoms with E-state index < -0.39 is 0 Å². The monoisotopic (exact) mass is 353 g/mol. The van der Waals surface area contributed by atoms with Gasteiger partial charge in [-0.3, -0.25) is 4.90 Å². The molecular weight excluding hydrogens is 330 g/mol. The van der Waals surface area contributed by atoms with Crippen LogP contribution in [0, 0.1) is 0 Å². The lowest BCUT2D eigenvalue weighted by Gasteiger charge is -2.35. The van der Waals surface area contributed by atoms with Crippen molar-refractivity contribution in [3.63, 3.8) is 0 Å². The number of nitrogens with one attached hydrogen (secondary N) is 1. The average Bonchev–Trinajstić information content (AvgIpc) is 3.31. The van der Waals surface area contributed by atoms with E-state index in [9.17, 15) is 0 Å². The van der Waals surface area contributed by atoms with Crippen LogP contribution in [0.4, 0.5) is 0 Å². The van der Waals surface area contributed by atoms with Crippen LogP contribution >= 0.6 is 0 Å². The molecule has 0 bridgehead atoms. The van der Waals surface area contributed by atoms with Gasteiger partial charge in [0.05, 0.1) is 18.8 Å². The van der Waals surface area contributed by atoms with E-state index in [1.807, 2.05) is 43.7 Å². The minimum Gasteiger partial charge on any atom is -0.497 e. The van der Waals surface area contributed by atoms with Crippen molar-refractivity contribution in [3.05, 3.63) is 54.4 Å². The van der Waals surface area contributed by atoms with Gasteiger partial charge in [-0.1, -0.05) is 0 Å². The van der Waals surface area contributed by atoms with E-state index in [0.717, 1.165) is 49.0 Å². The van der Waals surface area contributed by atoms with Crippen molar-refractivity contribution in [1.82, 2.24) is 24.8 Å². The lowest BCUT2D eigenvalue weighted by Crippen LogP contribution is -2.46. The fourth-order valence-electron chi connectivity index (χ4n) is 3.34. The van der Waals surface area contributed by atoms with Crippen molar-refractivity contribution in [2.45, 2.75) is 12.6 Å². The molecule has 0 radical (unpaired) electrons. The number of imidazole rings is 1. The normalized spacial score (nSPS) is 18.2. The van der Waals surface area contributed by atoms with E-state index in [0.29, 0.717) is 5.89 Å². The van der Waals surface area contributed by atoms with Gasteiger partial charge in [0.25, 0.3) is 0 Å². The molecule has 0 aliphatic carbocycles. The molecule has 7 heteroatoms. The quantitative estimate of drug-likeness (QED) is 0.759. The molecule has 0 amide bonds. The van der Waals surface area contributed by atoms with E-state index >= 15 is 0 Å². The second-order valence-corrected chi connectivity index (χ2v) is 6.46. The molecule has 26 heavy (non-hydrogen) atoms. The van der Waals surface area contributed by atoms with Crippen molar-refractivity contribution in [1.29, 1.82) is 0 Å². The first-order chi connectivity index (χ1) is 12.7. The Morgan fingerprint density at radius 1 is 1.31 bits per heavy atom.